The van der Waals surface area contributed by atoms with Gasteiger partial charge in [-0.05, 0) is 31.2 Å². The second kappa shape index (κ2) is 8.92. The Morgan fingerprint density at radius 3 is 2.48 bits per heavy atom. The Bertz CT molecular complexity index is 1030. The number of rotatable bonds is 6. The van der Waals surface area contributed by atoms with Crippen LogP contribution in [0.15, 0.2) is 33.9 Å². The van der Waals surface area contributed by atoms with Crippen molar-refractivity contribution in [1.82, 2.24) is 14.0 Å². The van der Waals surface area contributed by atoms with Crippen molar-refractivity contribution < 1.29 is 4.39 Å². The van der Waals surface area contributed by atoms with Crippen molar-refractivity contribution in [2.45, 2.75) is 6.42 Å². The van der Waals surface area contributed by atoms with Gasteiger partial charge in [-0.25, -0.2) is 9.18 Å². The molecule has 0 spiro atoms. The molecule has 0 radical (unpaired) electrons. The number of nitriles is 1. The minimum Gasteiger partial charge on any atom is -0.385 e. The van der Waals surface area contributed by atoms with Crippen molar-refractivity contribution in [2.75, 3.05) is 49.5 Å². The molecule has 1 fully saturated rings. The van der Waals surface area contributed by atoms with E-state index in [4.69, 9.17) is 5.26 Å². The van der Waals surface area contributed by atoms with Crippen molar-refractivity contribution in [1.29, 1.82) is 5.26 Å². The molecule has 1 aromatic heterocycles. The lowest BCUT2D eigenvalue weighted by molar-refractivity contribution is 0.256. The van der Waals surface area contributed by atoms with E-state index >= 15 is 0 Å². The van der Waals surface area contributed by atoms with Gasteiger partial charge in [0.05, 0.1) is 5.56 Å². The van der Waals surface area contributed by atoms with Gasteiger partial charge < -0.3 is 10.2 Å². The number of hydrogen-bond donors (Lipinski definition) is 1. The summed E-state index contributed by atoms with van der Waals surface area (Å²) in [5.74, 6) is 0.140. The van der Waals surface area contributed by atoms with Crippen LogP contribution in [0.3, 0.4) is 0 Å². The molecule has 1 aliphatic rings. The Labute approximate surface area is 168 Å². The molecule has 9 heteroatoms. The highest BCUT2D eigenvalue weighted by molar-refractivity contribution is 5.48. The fourth-order valence-electron chi connectivity index (χ4n) is 3.48. The summed E-state index contributed by atoms with van der Waals surface area (Å²) in [4.78, 5) is 28.4. The van der Waals surface area contributed by atoms with E-state index in [1.807, 2.05) is 6.07 Å². The molecule has 8 nitrogen and oxygen atoms in total. The third kappa shape index (κ3) is 4.66. The maximum atomic E-state index is 13.6. The molecule has 0 atom stereocenters. The molecule has 0 saturated carbocycles. The van der Waals surface area contributed by atoms with Crippen LogP contribution in [0.1, 0.15) is 12.0 Å². The van der Waals surface area contributed by atoms with Crippen LogP contribution in [0, 0.1) is 17.1 Å². The predicted molar refractivity (Wildman–Crippen MR) is 110 cm³/mol. The first-order valence-electron chi connectivity index (χ1n) is 9.58. The van der Waals surface area contributed by atoms with Gasteiger partial charge >= 0.3 is 5.69 Å². The Balaban J connectivity index is 1.46. The summed E-state index contributed by atoms with van der Waals surface area (Å²) in [6.45, 7) is 4.77. The van der Waals surface area contributed by atoms with E-state index in [0.29, 0.717) is 18.1 Å². The molecular formula is C20H25FN6O2. The van der Waals surface area contributed by atoms with E-state index in [1.165, 1.54) is 29.8 Å². The van der Waals surface area contributed by atoms with Gasteiger partial charge in [-0.15, -0.1) is 0 Å². The third-order valence-electron chi connectivity index (χ3n) is 5.27. The van der Waals surface area contributed by atoms with Gasteiger partial charge in [0.2, 0.25) is 0 Å². The summed E-state index contributed by atoms with van der Waals surface area (Å²) in [5, 5.41) is 11.9. The number of halogens is 1. The van der Waals surface area contributed by atoms with Crippen LogP contribution in [-0.4, -0.2) is 53.3 Å². The number of nitrogens with one attached hydrogen (secondary N) is 1. The standard InChI is InChI=1S/C20H25FN6O2/c1-24-18(13-19(28)25(2)20(24)29)27-10-8-26(9-11-27)7-3-6-23-16-5-4-15(14-22)17(21)12-16/h4-5,12-13,23H,3,6-11H2,1-2H3. The number of aromatic nitrogens is 2. The minimum atomic E-state index is -0.515. The van der Waals surface area contributed by atoms with Gasteiger partial charge in [-0.3, -0.25) is 18.8 Å². The Morgan fingerprint density at radius 2 is 1.83 bits per heavy atom. The van der Waals surface area contributed by atoms with Crippen molar-refractivity contribution in [3.8, 4) is 6.07 Å². The molecule has 29 heavy (non-hydrogen) atoms. The van der Waals surface area contributed by atoms with Crippen LogP contribution in [0.4, 0.5) is 15.9 Å². The number of anilines is 2. The second-order valence-corrected chi connectivity index (χ2v) is 7.16. The molecule has 0 amide bonds. The highest BCUT2D eigenvalue weighted by atomic mass is 19.1. The second-order valence-electron chi connectivity index (χ2n) is 7.16. The SMILES string of the molecule is Cn1c(N2CCN(CCCNc3ccc(C#N)c(F)c3)CC2)cc(=O)n(C)c1=O. The maximum absolute atomic E-state index is 13.6. The van der Waals surface area contributed by atoms with Crippen molar-refractivity contribution >= 4 is 11.5 Å². The summed E-state index contributed by atoms with van der Waals surface area (Å²) >= 11 is 0. The summed E-state index contributed by atoms with van der Waals surface area (Å²) in [6, 6.07) is 7.84. The molecular weight excluding hydrogens is 375 g/mol. The van der Waals surface area contributed by atoms with E-state index in [9.17, 15) is 14.0 Å². The summed E-state index contributed by atoms with van der Waals surface area (Å²) in [6.07, 6.45) is 0.895. The molecule has 1 aliphatic heterocycles. The Kier molecular flexibility index (Phi) is 6.34. The molecule has 1 N–H and O–H groups in total. The molecule has 0 aliphatic carbocycles. The number of piperazine rings is 1. The number of nitrogens with zero attached hydrogens (tertiary/aromatic N) is 5. The zero-order valence-electron chi connectivity index (χ0n) is 16.7. The summed E-state index contributed by atoms with van der Waals surface area (Å²) in [7, 11) is 3.16. The topological polar surface area (TPSA) is 86.3 Å². The quantitative estimate of drug-likeness (QED) is 0.719. The van der Waals surface area contributed by atoms with Gasteiger partial charge in [-0.1, -0.05) is 0 Å². The zero-order valence-corrected chi connectivity index (χ0v) is 16.7. The first-order chi connectivity index (χ1) is 13.9. The van der Waals surface area contributed by atoms with E-state index < -0.39 is 5.82 Å². The Hall–Kier alpha value is -3.12. The fourth-order valence-corrected chi connectivity index (χ4v) is 3.48. The summed E-state index contributed by atoms with van der Waals surface area (Å²) in [5.41, 5.74) is 0.0937. The molecule has 0 bridgehead atoms. The van der Waals surface area contributed by atoms with Gasteiger partial charge in [-0.2, -0.15) is 5.26 Å². The van der Waals surface area contributed by atoms with Crippen LogP contribution in [0.5, 0.6) is 0 Å². The predicted octanol–water partition coefficient (Wildman–Crippen LogP) is 0.719. The third-order valence-corrected chi connectivity index (χ3v) is 5.27. The largest absolute Gasteiger partial charge is 0.385 e. The zero-order chi connectivity index (χ0) is 21.0. The van der Waals surface area contributed by atoms with E-state index in [2.05, 4.69) is 15.1 Å². The first kappa shape index (κ1) is 20.6. The van der Waals surface area contributed by atoms with Gasteiger partial charge in [0.1, 0.15) is 17.7 Å². The summed E-state index contributed by atoms with van der Waals surface area (Å²) < 4.78 is 16.2. The molecule has 2 heterocycles. The van der Waals surface area contributed by atoms with E-state index in [1.54, 1.807) is 13.1 Å². The fraction of sp³-hybridized carbons (Fsp3) is 0.450. The van der Waals surface area contributed by atoms with Crippen LogP contribution >= 0.6 is 0 Å². The van der Waals surface area contributed by atoms with Gasteiger partial charge in [0.15, 0.2) is 0 Å². The highest BCUT2D eigenvalue weighted by Crippen LogP contribution is 2.14. The molecule has 2 aromatic rings. The molecule has 0 unspecified atom stereocenters. The van der Waals surface area contributed by atoms with Crippen LogP contribution in [0.2, 0.25) is 0 Å². The average Bonchev–Trinajstić information content (AvgIpc) is 2.73. The lowest BCUT2D eigenvalue weighted by Crippen LogP contribution is -2.49. The monoisotopic (exact) mass is 400 g/mol. The molecule has 1 saturated heterocycles. The smallest absolute Gasteiger partial charge is 0.332 e. The van der Waals surface area contributed by atoms with Crippen LogP contribution < -0.4 is 21.5 Å². The number of hydrogen-bond acceptors (Lipinski definition) is 6. The minimum absolute atomic E-state index is 0.0437. The lowest BCUT2D eigenvalue weighted by atomic mass is 10.2. The van der Waals surface area contributed by atoms with Crippen molar-refractivity contribution in [3.05, 3.63) is 56.5 Å². The van der Waals surface area contributed by atoms with Crippen molar-refractivity contribution in [3.63, 3.8) is 0 Å². The highest BCUT2D eigenvalue weighted by Gasteiger charge is 2.20. The Morgan fingerprint density at radius 1 is 1.10 bits per heavy atom. The van der Waals surface area contributed by atoms with Gasteiger partial charge in [0, 0.05) is 58.6 Å². The number of benzene rings is 1. The average molecular weight is 400 g/mol. The van der Waals surface area contributed by atoms with Crippen LogP contribution in [-0.2, 0) is 14.1 Å². The van der Waals surface area contributed by atoms with Crippen molar-refractivity contribution in [2.24, 2.45) is 14.1 Å². The first-order valence-corrected chi connectivity index (χ1v) is 9.58. The molecule has 1 aromatic carbocycles. The van der Waals surface area contributed by atoms with Gasteiger partial charge in [0.25, 0.3) is 5.56 Å². The molecule has 154 valence electrons. The maximum Gasteiger partial charge on any atom is 0.332 e. The molecule has 3 rings (SSSR count). The lowest BCUT2D eigenvalue weighted by Gasteiger charge is -2.36. The van der Waals surface area contributed by atoms with E-state index in [-0.39, 0.29) is 16.8 Å². The van der Waals surface area contributed by atoms with E-state index in [0.717, 1.165) is 43.7 Å². The van der Waals surface area contributed by atoms with Crippen LogP contribution in [0.25, 0.3) is 0 Å². The normalized spacial score (nSPS) is 14.6.